The molecule has 1 aromatic rings. The summed E-state index contributed by atoms with van der Waals surface area (Å²) >= 11 is 0. The van der Waals surface area contributed by atoms with Crippen LogP contribution in [0.5, 0.6) is 0 Å². The zero-order valence-corrected chi connectivity index (χ0v) is 11.1. The van der Waals surface area contributed by atoms with Gasteiger partial charge in [-0.15, -0.1) is 0 Å². The van der Waals surface area contributed by atoms with Crippen LogP contribution in [0.1, 0.15) is 23.7 Å². The molecule has 1 fully saturated rings. The van der Waals surface area contributed by atoms with Crippen LogP contribution in [0.25, 0.3) is 0 Å². The van der Waals surface area contributed by atoms with E-state index in [0.29, 0.717) is 0 Å². The largest absolute Gasteiger partial charge is 0.388 e. The maximum absolute atomic E-state index is 12.3. The summed E-state index contributed by atoms with van der Waals surface area (Å²) in [5.41, 5.74) is 1.72. The van der Waals surface area contributed by atoms with Crippen molar-refractivity contribution >= 4 is 11.6 Å². The molecule has 2 atom stereocenters. The lowest BCUT2D eigenvalue weighted by atomic mass is 10.1. The molecule has 0 saturated carbocycles. The highest BCUT2D eigenvalue weighted by atomic mass is 16.5. The Morgan fingerprint density at radius 1 is 1.39 bits per heavy atom. The number of carbonyl (C=O) groups is 1. The fourth-order valence-electron chi connectivity index (χ4n) is 2.36. The molecule has 2 rings (SSSR count). The first-order valence-corrected chi connectivity index (χ1v) is 6.30. The van der Waals surface area contributed by atoms with Crippen LogP contribution in [-0.2, 0) is 4.74 Å². The van der Waals surface area contributed by atoms with E-state index >= 15 is 0 Å². The lowest BCUT2D eigenvalue weighted by Crippen LogP contribution is -2.40. The van der Waals surface area contributed by atoms with E-state index in [0.717, 1.165) is 24.3 Å². The van der Waals surface area contributed by atoms with Crippen LogP contribution in [0, 0.1) is 0 Å². The molecule has 0 aliphatic carbocycles. The van der Waals surface area contributed by atoms with Crippen LogP contribution >= 0.6 is 0 Å². The maximum Gasteiger partial charge on any atom is 0.253 e. The van der Waals surface area contributed by atoms with E-state index < -0.39 is 0 Å². The average Bonchev–Trinajstić information content (AvgIpc) is 2.83. The molecule has 1 N–H and O–H groups in total. The Hall–Kier alpha value is -1.55. The standard InChI is InChI=1S/C14H20N2O2/c1-10-13(8-9-18-10)16(3)14(17)11-4-6-12(15-2)7-5-11/h4-7,10,13,15H,8-9H2,1-3H3. The molecule has 1 amide bonds. The Labute approximate surface area is 108 Å². The van der Waals surface area contributed by atoms with Crippen molar-refractivity contribution in [1.29, 1.82) is 0 Å². The van der Waals surface area contributed by atoms with Crippen molar-refractivity contribution in [3.63, 3.8) is 0 Å². The molecule has 18 heavy (non-hydrogen) atoms. The van der Waals surface area contributed by atoms with Crippen LogP contribution in [0.15, 0.2) is 24.3 Å². The number of hydrogen-bond acceptors (Lipinski definition) is 3. The van der Waals surface area contributed by atoms with Gasteiger partial charge in [-0.25, -0.2) is 0 Å². The van der Waals surface area contributed by atoms with Crippen molar-refractivity contribution < 1.29 is 9.53 Å². The Balaban J connectivity index is 2.09. The normalized spacial score (nSPS) is 22.8. The fraction of sp³-hybridized carbons (Fsp3) is 0.500. The first-order chi connectivity index (χ1) is 8.63. The molecule has 1 aliphatic rings. The third-order valence-electron chi connectivity index (χ3n) is 3.57. The molecule has 1 heterocycles. The number of carbonyl (C=O) groups excluding carboxylic acids is 1. The van der Waals surface area contributed by atoms with Crippen LogP contribution in [0.2, 0.25) is 0 Å². The summed E-state index contributed by atoms with van der Waals surface area (Å²) in [5.74, 6) is 0.0556. The molecule has 1 saturated heterocycles. The van der Waals surface area contributed by atoms with Gasteiger partial charge in [-0.3, -0.25) is 4.79 Å². The Morgan fingerprint density at radius 2 is 2.06 bits per heavy atom. The van der Waals surface area contributed by atoms with Crippen molar-refractivity contribution in [2.75, 3.05) is 26.0 Å². The van der Waals surface area contributed by atoms with Gasteiger partial charge in [0.15, 0.2) is 0 Å². The second-order valence-corrected chi connectivity index (χ2v) is 4.68. The molecule has 1 aromatic carbocycles. The van der Waals surface area contributed by atoms with Crippen molar-refractivity contribution in [3.05, 3.63) is 29.8 Å². The van der Waals surface area contributed by atoms with E-state index in [2.05, 4.69) is 5.32 Å². The average molecular weight is 248 g/mol. The summed E-state index contributed by atoms with van der Waals surface area (Å²) in [6.45, 7) is 2.76. The first kappa shape index (κ1) is 12.9. The molecular formula is C14H20N2O2. The van der Waals surface area contributed by atoms with E-state index in [1.807, 2.05) is 45.3 Å². The molecule has 0 radical (unpaired) electrons. The smallest absolute Gasteiger partial charge is 0.253 e. The highest BCUT2D eigenvalue weighted by Crippen LogP contribution is 2.20. The number of nitrogens with zero attached hydrogens (tertiary/aromatic N) is 1. The molecule has 4 heteroatoms. The summed E-state index contributed by atoms with van der Waals surface area (Å²) in [4.78, 5) is 14.1. The SMILES string of the molecule is CNc1ccc(C(=O)N(C)C2CCOC2C)cc1. The number of amides is 1. The number of ether oxygens (including phenoxy) is 1. The molecule has 1 aliphatic heterocycles. The number of anilines is 1. The van der Waals surface area contributed by atoms with Gasteiger partial charge in [0, 0.05) is 32.0 Å². The maximum atomic E-state index is 12.3. The minimum absolute atomic E-state index is 0.0556. The van der Waals surface area contributed by atoms with Crippen LogP contribution in [-0.4, -0.2) is 43.7 Å². The van der Waals surface area contributed by atoms with Gasteiger partial charge in [0.25, 0.3) is 5.91 Å². The zero-order chi connectivity index (χ0) is 13.1. The molecule has 4 nitrogen and oxygen atoms in total. The summed E-state index contributed by atoms with van der Waals surface area (Å²) < 4.78 is 5.51. The Morgan fingerprint density at radius 3 is 2.56 bits per heavy atom. The van der Waals surface area contributed by atoms with Crippen molar-refractivity contribution in [2.24, 2.45) is 0 Å². The summed E-state index contributed by atoms with van der Waals surface area (Å²) in [5, 5.41) is 3.04. The summed E-state index contributed by atoms with van der Waals surface area (Å²) in [7, 11) is 3.71. The van der Waals surface area contributed by atoms with Gasteiger partial charge in [0.1, 0.15) is 0 Å². The predicted octanol–water partition coefficient (Wildman–Crippen LogP) is 1.98. The Bertz CT molecular complexity index is 416. The number of hydrogen-bond donors (Lipinski definition) is 1. The zero-order valence-electron chi connectivity index (χ0n) is 11.1. The third kappa shape index (κ3) is 2.48. The number of nitrogens with one attached hydrogen (secondary N) is 1. The second-order valence-electron chi connectivity index (χ2n) is 4.68. The quantitative estimate of drug-likeness (QED) is 0.889. The molecule has 0 spiro atoms. The highest BCUT2D eigenvalue weighted by molar-refractivity contribution is 5.94. The van der Waals surface area contributed by atoms with Gasteiger partial charge in [-0.2, -0.15) is 0 Å². The number of likely N-dealkylation sites (N-methyl/N-ethyl adjacent to an activating group) is 1. The van der Waals surface area contributed by atoms with Gasteiger partial charge in [-0.1, -0.05) is 0 Å². The van der Waals surface area contributed by atoms with Gasteiger partial charge in [-0.05, 0) is 37.6 Å². The van der Waals surface area contributed by atoms with Crippen molar-refractivity contribution in [3.8, 4) is 0 Å². The predicted molar refractivity (Wildman–Crippen MR) is 71.9 cm³/mol. The first-order valence-electron chi connectivity index (χ1n) is 6.30. The lowest BCUT2D eigenvalue weighted by molar-refractivity contribution is 0.0574. The molecule has 2 unspecified atom stereocenters. The van der Waals surface area contributed by atoms with Gasteiger partial charge in [0.2, 0.25) is 0 Å². The van der Waals surface area contributed by atoms with Crippen LogP contribution in [0.4, 0.5) is 5.69 Å². The van der Waals surface area contributed by atoms with Crippen LogP contribution < -0.4 is 5.32 Å². The van der Waals surface area contributed by atoms with E-state index in [9.17, 15) is 4.79 Å². The lowest BCUT2D eigenvalue weighted by Gasteiger charge is -2.26. The van der Waals surface area contributed by atoms with E-state index in [1.165, 1.54) is 0 Å². The summed E-state index contributed by atoms with van der Waals surface area (Å²) in [6.07, 6.45) is 1.04. The van der Waals surface area contributed by atoms with E-state index in [-0.39, 0.29) is 18.1 Å². The minimum Gasteiger partial charge on any atom is -0.388 e. The second kappa shape index (κ2) is 5.40. The third-order valence-corrected chi connectivity index (χ3v) is 3.57. The molecular weight excluding hydrogens is 228 g/mol. The van der Waals surface area contributed by atoms with Crippen LogP contribution in [0.3, 0.4) is 0 Å². The number of benzene rings is 1. The Kier molecular flexibility index (Phi) is 3.87. The van der Waals surface area contributed by atoms with Crippen molar-refractivity contribution in [2.45, 2.75) is 25.5 Å². The van der Waals surface area contributed by atoms with E-state index in [4.69, 9.17) is 4.74 Å². The number of rotatable bonds is 3. The molecule has 98 valence electrons. The molecule has 0 aromatic heterocycles. The fourth-order valence-corrected chi connectivity index (χ4v) is 2.36. The molecule has 0 bridgehead atoms. The van der Waals surface area contributed by atoms with Crippen molar-refractivity contribution in [1.82, 2.24) is 4.90 Å². The van der Waals surface area contributed by atoms with Gasteiger partial charge >= 0.3 is 0 Å². The highest BCUT2D eigenvalue weighted by Gasteiger charge is 2.30. The minimum atomic E-state index is 0.0556. The topological polar surface area (TPSA) is 41.6 Å². The van der Waals surface area contributed by atoms with Gasteiger partial charge in [0.05, 0.1) is 12.1 Å². The summed E-state index contributed by atoms with van der Waals surface area (Å²) in [6, 6.07) is 7.71. The monoisotopic (exact) mass is 248 g/mol. The van der Waals surface area contributed by atoms with Gasteiger partial charge < -0.3 is 15.0 Å². The van der Waals surface area contributed by atoms with E-state index in [1.54, 1.807) is 4.90 Å².